The van der Waals surface area contributed by atoms with E-state index in [1.54, 1.807) is 12.1 Å². The number of sulfonamides is 1. The Kier molecular flexibility index (Phi) is 4.74. The van der Waals surface area contributed by atoms with Gasteiger partial charge in [0.1, 0.15) is 4.21 Å². The summed E-state index contributed by atoms with van der Waals surface area (Å²) < 4.78 is 32.4. The molecule has 0 bridgehead atoms. The quantitative estimate of drug-likeness (QED) is 0.839. The van der Waals surface area contributed by atoms with Gasteiger partial charge >= 0.3 is 0 Å². The smallest absolute Gasteiger partial charge is 0.250 e. The second-order valence-electron chi connectivity index (χ2n) is 4.23. The molecular formula is C11H17NO4S2. The van der Waals surface area contributed by atoms with E-state index in [1.165, 1.54) is 11.3 Å². The highest BCUT2D eigenvalue weighted by molar-refractivity contribution is 7.91. The van der Waals surface area contributed by atoms with Gasteiger partial charge in [-0.15, -0.1) is 11.3 Å². The van der Waals surface area contributed by atoms with Gasteiger partial charge in [-0.2, -0.15) is 0 Å². The van der Waals surface area contributed by atoms with Gasteiger partial charge in [0, 0.05) is 30.6 Å². The molecule has 1 aromatic rings. The summed E-state index contributed by atoms with van der Waals surface area (Å²) in [4.78, 5) is 0.873. The van der Waals surface area contributed by atoms with Crippen molar-refractivity contribution in [1.82, 2.24) is 4.72 Å². The minimum atomic E-state index is -3.45. The lowest BCUT2D eigenvalue weighted by Gasteiger charge is -2.22. The molecule has 1 aliphatic rings. The standard InChI is InChI=1S/C11H17NO4S2/c13-6-5-10-3-4-11(17-10)18(14,15)12-9-2-1-7-16-8-9/h3-4,9,12-13H,1-2,5-8H2. The van der Waals surface area contributed by atoms with Crippen molar-refractivity contribution in [2.75, 3.05) is 19.8 Å². The largest absolute Gasteiger partial charge is 0.396 e. The van der Waals surface area contributed by atoms with Gasteiger partial charge < -0.3 is 9.84 Å². The van der Waals surface area contributed by atoms with Crippen LogP contribution in [-0.4, -0.2) is 39.4 Å². The number of ether oxygens (including phenoxy) is 1. The molecule has 0 amide bonds. The fourth-order valence-corrected chi connectivity index (χ4v) is 4.47. The van der Waals surface area contributed by atoms with Crippen molar-refractivity contribution >= 4 is 21.4 Å². The highest BCUT2D eigenvalue weighted by Gasteiger charge is 2.23. The molecule has 102 valence electrons. The lowest BCUT2D eigenvalue weighted by molar-refractivity contribution is 0.0774. The maximum absolute atomic E-state index is 12.1. The first-order chi connectivity index (χ1) is 8.62. The second-order valence-corrected chi connectivity index (χ2v) is 7.34. The van der Waals surface area contributed by atoms with Gasteiger partial charge in [-0.1, -0.05) is 0 Å². The monoisotopic (exact) mass is 291 g/mol. The summed E-state index contributed by atoms with van der Waals surface area (Å²) in [5.41, 5.74) is 0. The Morgan fingerprint density at radius 2 is 2.33 bits per heavy atom. The molecule has 0 saturated carbocycles. The van der Waals surface area contributed by atoms with Gasteiger partial charge in [-0.25, -0.2) is 13.1 Å². The molecule has 2 heterocycles. The van der Waals surface area contributed by atoms with Crippen LogP contribution in [0.4, 0.5) is 0 Å². The Hall–Kier alpha value is -0.470. The third-order valence-corrected chi connectivity index (χ3v) is 5.90. The van der Waals surface area contributed by atoms with Crippen LogP contribution in [-0.2, 0) is 21.2 Å². The van der Waals surface area contributed by atoms with Crippen LogP contribution in [0.15, 0.2) is 16.3 Å². The molecule has 0 aliphatic carbocycles. The predicted octanol–water partition coefficient (Wildman–Crippen LogP) is 0.740. The third-order valence-electron chi connectivity index (χ3n) is 2.74. The van der Waals surface area contributed by atoms with Crippen LogP contribution in [0.3, 0.4) is 0 Å². The topological polar surface area (TPSA) is 75.6 Å². The summed E-state index contributed by atoms with van der Waals surface area (Å²) >= 11 is 1.20. The highest BCUT2D eigenvalue weighted by atomic mass is 32.2. The normalized spacial score (nSPS) is 21.1. The number of aliphatic hydroxyl groups excluding tert-OH is 1. The molecule has 5 nitrogen and oxygen atoms in total. The third kappa shape index (κ3) is 3.52. The van der Waals surface area contributed by atoms with E-state index in [0.717, 1.165) is 17.7 Å². The van der Waals surface area contributed by atoms with Crippen LogP contribution in [0.25, 0.3) is 0 Å². The van der Waals surface area contributed by atoms with E-state index < -0.39 is 10.0 Å². The average molecular weight is 291 g/mol. The average Bonchev–Trinajstić information content (AvgIpc) is 2.80. The molecule has 1 fully saturated rings. The Bertz CT molecular complexity index is 477. The zero-order chi connectivity index (χ0) is 13.0. The Balaban J connectivity index is 2.04. The predicted molar refractivity (Wildman–Crippen MR) is 69.3 cm³/mol. The van der Waals surface area contributed by atoms with Gasteiger partial charge in [0.25, 0.3) is 0 Å². The molecule has 18 heavy (non-hydrogen) atoms. The van der Waals surface area contributed by atoms with Crippen molar-refractivity contribution in [1.29, 1.82) is 0 Å². The van der Waals surface area contributed by atoms with E-state index in [1.807, 2.05) is 0 Å². The molecule has 2 N–H and O–H groups in total. The molecule has 1 aliphatic heterocycles. The van der Waals surface area contributed by atoms with Gasteiger partial charge in [0.05, 0.1) is 6.61 Å². The van der Waals surface area contributed by atoms with Crippen LogP contribution >= 0.6 is 11.3 Å². The first kappa shape index (κ1) is 14.0. The summed E-state index contributed by atoms with van der Waals surface area (Å²) in [5, 5.41) is 8.82. The molecule has 1 saturated heterocycles. The molecule has 1 unspecified atom stereocenters. The van der Waals surface area contributed by atoms with Crippen molar-refractivity contribution in [3.63, 3.8) is 0 Å². The first-order valence-corrected chi connectivity index (χ1v) is 8.21. The van der Waals surface area contributed by atoms with Gasteiger partial charge in [0.2, 0.25) is 10.0 Å². The number of nitrogens with one attached hydrogen (secondary N) is 1. The number of thiophene rings is 1. The zero-order valence-electron chi connectivity index (χ0n) is 9.96. The van der Waals surface area contributed by atoms with E-state index in [9.17, 15) is 8.42 Å². The first-order valence-electron chi connectivity index (χ1n) is 5.91. The van der Waals surface area contributed by atoms with Crippen LogP contribution in [0.5, 0.6) is 0 Å². The Labute approximate surface area is 111 Å². The maximum Gasteiger partial charge on any atom is 0.250 e. The van der Waals surface area contributed by atoms with E-state index in [-0.39, 0.29) is 12.6 Å². The van der Waals surface area contributed by atoms with Gasteiger partial charge in [0.15, 0.2) is 0 Å². The number of rotatable bonds is 5. The molecule has 7 heteroatoms. The number of hydrogen-bond acceptors (Lipinski definition) is 5. The van der Waals surface area contributed by atoms with Crippen LogP contribution < -0.4 is 4.72 Å². The van der Waals surface area contributed by atoms with Crippen LogP contribution in [0, 0.1) is 0 Å². The van der Waals surface area contributed by atoms with Crippen LogP contribution in [0.2, 0.25) is 0 Å². The van der Waals surface area contributed by atoms with E-state index in [0.29, 0.717) is 23.8 Å². The second kappa shape index (κ2) is 6.12. The van der Waals surface area contributed by atoms with Crippen molar-refractivity contribution in [2.24, 2.45) is 0 Å². The Morgan fingerprint density at radius 1 is 1.50 bits per heavy atom. The molecule has 2 rings (SSSR count). The number of aliphatic hydroxyl groups is 1. The molecule has 1 atom stereocenters. The maximum atomic E-state index is 12.1. The lowest BCUT2D eigenvalue weighted by Crippen LogP contribution is -2.40. The Morgan fingerprint density at radius 3 is 3.00 bits per heavy atom. The van der Waals surface area contributed by atoms with E-state index >= 15 is 0 Å². The van der Waals surface area contributed by atoms with Crippen LogP contribution in [0.1, 0.15) is 17.7 Å². The summed E-state index contributed by atoms with van der Waals surface area (Å²) in [7, 11) is -3.45. The molecule has 0 aromatic carbocycles. The number of hydrogen-bond donors (Lipinski definition) is 2. The van der Waals surface area contributed by atoms with Gasteiger partial charge in [-0.05, 0) is 25.0 Å². The SMILES string of the molecule is O=S(=O)(NC1CCCOC1)c1ccc(CCO)s1. The van der Waals surface area contributed by atoms with Gasteiger partial charge in [-0.3, -0.25) is 0 Å². The zero-order valence-corrected chi connectivity index (χ0v) is 11.6. The fraction of sp³-hybridized carbons (Fsp3) is 0.636. The van der Waals surface area contributed by atoms with Crippen molar-refractivity contribution in [3.05, 3.63) is 17.0 Å². The van der Waals surface area contributed by atoms with Crippen molar-refractivity contribution in [3.8, 4) is 0 Å². The molecule has 0 spiro atoms. The fourth-order valence-electron chi connectivity index (χ4n) is 1.86. The summed E-state index contributed by atoms with van der Waals surface area (Å²) in [5.74, 6) is 0. The van der Waals surface area contributed by atoms with E-state index in [2.05, 4.69) is 4.72 Å². The molecule has 0 radical (unpaired) electrons. The minimum absolute atomic E-state index is 0.0316. The molecule has 1 aromatic heterocycles. The summed E-state index contributed by atoms with van der Waals surface area (Å²) in [6, 6.07) is 3.20. The van der Waals surface area contributed by atoms with E-state index in [4.69, 9.17) is 9.84 Å². The van der Waals surface area contributed by atoms with Crippen molar-refractivity contribution in [2.45, 2.75) is 29.5 Å². The highest BCUT2D eigenvalue weighted by Crippen LogP contribution is 2.22. The summed E-state index contributed by atoms with van der Waals surface area (Å²) in [6.45, 7) is 1.18. The molecular weight excluding hydrogens is 274 g/mol. The lowest BCUT2D eigenvalue weighted by atomic mass is 10.1. The minimum Gasteiger partial charge on any atom is -0.396 e. The summed E-state index contributed by atoms with van der Waals surface area (Å²) in [6.07, 6.45) is 2.19. The van der Waals surface area contributed by atoms with Crippen molar-refractivity contribution < 1.29 is 18.3 Å².